The molecule has 31 heavy (non-hydrogen) atoms. The van der Waals surface area contributed by atoms with Crippen LogP contribution in [0.1, 0.15) is 16.7 Å². The molecule has 0 aliphatic rings. The van der Waals surface area contributed by atoms with Crippen LogP contribution >= 0.6 is 0 Å². The van der Waals surface area contributed by atoms with Crippen molar-refractivity contribution in [1.82, 2.24) is 0 Å². The highest BCUT2D eigenvalue weighted by Gasteiger charge is 2.37. The van der Waals surface area contributed by atoms with E-state index in [9.17, 15) is 5.11 Å². The third kappa shape index (κ3) is 6.23. The Morgan fingerprint density at radius 3 is 1.61 bits per heavy atom. The van der Waals surface area contributed by atoms with Crippen molar-refractivity contribution >= 4 is 0 Å². The first kappa shape index (κ1) is 23.1. The van der Waals surface area contributed by atoms with Gasteiger partial charge in [-0.15, -0.1) is 0 Å². The average Bonchev–Trinajstić information content (AvgIpc) is 2.84. The molecule has 3 aromatic carbocycles. The highest BCUT2D eigenvalue weighted by Crippen LogP contribution is 2.40. The predicted molar refractivity (Wildman–Crippen MR) is 120 cm³/mol. The first-order valence-electron chi connectivity index (χ1n) is 10.4. The smallest absolute Gasteiger partial charge is 0.146 e. The van der Waals surface area contributed by atoms with Gasteiger partial charge >= 0.3 is 0 Å². The van der Waals surface area contributed by atoms with Crippen molar-refractivity contribution in [3.63, 3.8) is 0 Å². The lowest BCUT2D eigenvalue weighted by molar-refractivity contribution is -0.109. The molecule has 0 spiro atoms. The lowest BCUT2D eigenvalue weighted by Gasteiger charge is -2.36. The van der Waals surface area contributed by atoms with E-state index in [1.807, 2.05) is 91.0 Å². The second-order valence-electron chi connectivity index (χ2n) is 7.13. The maximum atomic E-state index is 10.5. The standard InChI is InChI=1S/C26H30O5/c1-28-17-18-29-21-30-19-25(27)20-31-26(22-11-5-2-6-12-22,23-13-7-3-8-14-23)24-15-9-4-10-16-24/h2-16,25,27H,17-21H2,1H3. The van der Waals surface area contributed by atoms with Crippen molar-refractivity contribution in [1.29, 1.82) is 0 Å². The summed E-state index contributed by atoms with van der Waals surface area (Å²) in [4.78, 5) is 0. The monoisotopic (exact) mass is 422 g/mol. The van der Waals surface area contributed by atoms with Crippen molar-refractivity contribution in [2.45, 2.75) is 11.7 Å². The lowest BCUT2D eigenvalue weighted by Crippen LogP contribution is -2.36. The van der Waals surface area contributed by atoms with Crippen molar-refractivity contribution in [3.05, 3.63) is 108 Å². The van der Waals surface area contributed by atoms with Gasteiger partial charge in [-0.3, -0.25) is 0 Å². The predicted octanol–water partition coefficient (Wildman–Crippen LogP) is 3.99. The SMILES string of the molecule is COCCOCOCC(O)COC(c1ccccc1)(c1ccccc1)c1ccccc1. The van der Waals surface area contributed by atoms with Crippen LogP contribution in [0.4, 0.5) is 0 Å². The van der Waals surface area contributed by atoms with Crippen molar-refractivity contribution in [2.75, 3.05) is 40.3 Å². The fourth-order valence-corrected chi connectivity index (χ4v) is 3.48. The number of hydrogen-bond acceptors (Lipinski definition) is 5. The molecule has 164 valence electrons. The molecule has 5 heteroatoms. The van der Waals surface area contributed by atoms with Gasteiger partial charge in [0.15, 0.2) is 0 Å². The molecular weight excluding hydrogens is 392 g/mol. The molecule has 1 atom stereocenters. The second kappa shape index (κ2) is 12.3. The van der Waals surface area contributed by atoms with E-state index in [1.165, 1.54) is 0 Å². The molecule has 0 saturated carbocycles. The van der Waals surface area contributed by atoms with Crippen LogP contribution in [0.3, 0.4) is 0 Å². The van der Waals surface area contributed by atoms with Gasteiger partial charge in [-0.1, -0.05) is 91.0 Å². The molecule has 0 radical (unpaired) electrons. The van der Waals surface area contributed by atoms with E-state index in [0.29, 0.717) is 13.2 Å². The van der Waals surface area contributed by atoms with Crippen molar-refractivity contribution in [3.8, 4) is 0 Å². The molecule has 0 fully saturated rings. The van der Waals surface area contributed by atoms with Gasteiger partial charge in [0.25, 0.3) is 0 Å². The number of rotatable bonds is 13. The van der Waals surface area contributed by atoms with Gasteiger partial charge in [0.1, 0.15) is 18.5 Å². The quantitative estimate of drug-likeness (QED) is 0.256. The summed E-state index contributed by atoms with van der Waals surface area (Å²) in [5, 5.41) is 10.5. The molecular formula is C26H30O5. The van der Waals surface area contributed by atoms with Gasteiger partial charge in [-0.25, -0.2) is 0 Å². The summed E-state index contributed by atoms with van der Waals surface area (Å²) in [7, 11) is 1.61. The Hall–Kier alpha value is -2.54. The van der Waals surface area contributed by atoms with Crippen LogP contribution in [0, 0.1) is 0 Å². The van der Waals surface area contributed by atoms with E-state index in [1.54, 1.807) is 7.11 Å². The zero-order chi connectivity index (χ0) is 21.8. The molecule has 0 heterocycles. The minimum atomic E-state index is -0.861. The molecule has 3 aromatic rings. The van der Waals surface area contributed by atoms with E-state index in [-0.39, 0.29) is 20.0 Å². The summed E-state index contributed by atoms with van der Waals surface area (Å²) in [6.45, 7) is 1.25. The van der Waals surface area contributed by atoms with Gasteiger partial charge in [0, 0.05) is 7.11 Å². The molecule has 0 aliphatic carbocycles. The Balaban J connectivity index is 1.81. The molecule has 0 amide bonds. The summed E-state index contributed by atoms with van der Waals surface area (Å²) in [6, 6.07) is 30.2. The summed E-state index contributed by atoms with van der Waals surface area (Å²) in [5.74, 6) is 0. The average molecular weight is 423 g/mol. The molecule has 1 N–H and O–H groups in total. The zero-order valence-electron chi connectivity index (χ0n) is 17.9. The van der Waals surface area contributed by atoms with E-state index in [0.717, 1.165) is 16.7 Å². The fourth-order valence-electron chi connectivity index (χ4n) is 3.48. The summed E-state index contributed by atoms with van der Waals surface area (Å²) < 4.78 is 22.2. The molecule has 3 rings (SSSR count). The highest BCUT2D eigenvalue weighted by molar-refractivity contribution is 5.47. The Morgan fingerprint density at radius 2 is 1.16 bits per heavy atom. The molecule has 0 aromatic heterocycles. The number of aliphatic hydroxyl groups excluding tert-OH is 1. The molecule has 1 unspecified atom stereocenters. The number of ether oxygens (including phenoxy) is 4. The van der Waals surface area contributed by atoms with Crippen molar-refractivity contribution < 1.29 is 24.1 Å². The number of methoxy groups -OCH3 is 1. The lowest BCUT2D eigenvalue weighted by atomic mass is 9.80. The zero-order valence-corrected chi connectivity index (χ0v) is 17.9. The molecule has 0 saturated heterocycles. The minimum absolute atomic E-state index is 0.0940. The van der Waals surface area contributed by atoms with Crippen LogP contribution in [0.5, 0.6) is 0 Å². The Kier molecular flexibility index (Phi) is 9.21. The Morgan fingerprint density at radius 1 is 0.677 bits per heavy atom. The summed E-state index contributed by atoms with van der Waals surface area (Å²) in [5.41, 5.74) is 2.11. The second-order valence-corrected chi connectivity index (χ2v) is 7.13. The summed E-state index contributed by atoms with van der Waals surface area (Å²) in [6.07, 6.45) is -0.804. The van der Waals surface area contributed by atoms with Crippen molar-refractivity contribution in [2.24, 2.45) is 0 Å². The van der Waals surface area contributed by atoms with Crippen LogP contribution in [0.15, 0.2) is 91.0 Å². The van der Waals surface area contributed by atoms with E-state index in [4.69, 9.17) is 18.9 Å². The maximum absolute atomic E-state index is 10.5. The maximum Gasteiger partial charge on any atom is 0.146 e. The van der Waals surface area contributed by atoms with Crippen LogP contribution in [0.2, 0.25) is 0 Å². The van der Waals surface area contributed by atoms with Crippen LogP contribution < -0.4 is 0 Å². The summed E-state index contributed by atoms with van der Waals surface area (Å²) >= 11 is 0. The largest absolute Gasteiger partial charge is 0.388 e. The molecule has 0 bridgehead atoms. The van der Waals surface area contributed by atoms with Crippen LogP contribution in [-0.2, 0) is 24.5 Å². The third-order valence-electron chi connectivity index (χ3n) is 4.94. The van der Waals surface area contributed by atoms with Crippen LogP contribution in [-0.4, -0.2) is 51.5 Å². The van der Waals surface area contributed by atoms with E-state index < -0.39 is 11.7 Å². The topological polar surface area (TPSA) is 57.2 Å². The fraction of sp³-hybridized carbons (Fsp3) is 0.308. The van der Waals surface area contributed by atoms with Gasteiger partial charge in [-0.2, -0.15) is 0 Å². The normalized spacial score (nSPS) is 12.6. The van der Waals surface area contributed by atoms with Gasteiger partial charge < -0.3 is 24.1 Å². The number of aliphatic hydroxyl groups is 1. The molecule has 5 nitrogen and oxygen atoms in total. The van der Waals surface area contributed by atoms with Gasteiger partial charge in [-0.05, 0) is 16.7 Å². The first-order valence-corrected chi connectivity index (χ1v) is 10.4. The third-order valence-corrected chi connectivity index (χ3v) is 4.94. The minimum Gasteiger partial charge on any atom is -0.388 e. The highest BCUT2D eigenvalue weighted by atomic mass is 16.7. The van der Waals surface area contributed by atoms with Gasteiger partial charge in [0.2, 0.25) is 0 Å². The Labute approximate surface area is 184 Å². The van der Waals surface area contributed by atoms with Gasteiger partial charge in [0.05, 0.1) is 26.4 Å². The number of benzene rings is 3. The van der Waals surface area contributed by atoms with E-state index >= 15 is 0 Å². The Bertz CT molecular complexity index is 758. The first-order chi connectivity index (χ1) is 15.3. The van der Waals surface area contributed by atoms with Crippen LogP contribution in [0.25, 0.3) is 0 Å². The van der Waals surface area contributed by atoms with E-state index in [2.05, 4.69) is 0 Å². The number of hydrogen-bond donors (Lipinski definition) is 1. The molecule has 0 aliphatic heterocycles.